The minimum Gasteiger partial charge on any atom is -0.481 e. The summed E-state index contributed by atoms with van der Waals surface area (Å²) in [4.78, 5) is 15.9. The topological polar surface area (TPSA) is 70.4 Å². The number of hydrogen-bond donors (Lipinski definition) is 2. The molecular formula is C32H39NO3S2. The van der Waals surface area contributed by atoms with E-state index >= 15 is 0 Å². The molecule has 0 saturated heterocycles. The predicted molar refractivity (Wildman–Crippen MR) is 162 cm³/mol. The molecule has 0 aliphatic heterocycles. The maximum absolute atomic E-state index is 11.3. The zero-order valence-electron chi connectivity index (χ0n) is 22.9. The van der Waals surface area contributed by atoms with Gasteiger partial charge in [0.2, 0.25) is 0 Å². The third-order valence-electron chi connectivity index (χ3n) is 7.18. The number of hydrogen-bond acceptors (Lipinski definition) is 5. The van der Waals surface area contributed by atoms with Crippen LogP contribution in [-0.2, 0) is 16.8 Å². The minimum atomic E-state index is -0.989. The van der Waals surface area contributed by atoms with Gasteiger partial charge in [-0.05, 0) is 96.3 Å². The molecule has 202 valence electrons. The second kappa shape index (κ2) is 12.2. The van der Waals surface area contributed by atoms with Crippen LogP contribution in [-0.4, -0.2) is 32.7 Å². The highest BCUT2D eigenvalue weighted by atomic mass is 32.2. The highest BCUT2D eigenvalue weighted by Gasteiger charge is 2.43. The third-order valence-corrected chi connectivity index (χ3v) is 9.40. The highest BCUT2D eigenvalue weighted by molar-refractivity contribution is 7.99. The SMILES string of the molecule is CC(C)c1csc(C=Cc2ccccc2-c2cccc(CCCSCC3(CC(=O)O)CC3)c2C(C)(C)O)n1. The molecule has 1 aromatic heterocycles. The molecule has 4 rings (SSSR count). The number of aliphatic hydroxyl groups is 1. The molecule has 1 heterocycles. The molecule has 0 amide bonds. The Morgan fingerprint density at radius 2 is 1.87 bits per heavy atom. The second-order valence-electron chi connectivity index (χ2n) is 11.3. The lowest BCUT2D eigenvalue weighted by atomic mass is 9.83. The number of benzene rings is 2. The van der Waals surface area contributed by atoms with Crippen LogP contribution in [0.4, 0.5) is 0 Å². The van der Waals surface area contributed by atoms with E-state index < -0.39 is 11.6 Å². The number of nitrogens with zero attached hydrogens (tertiary/aromatic N) is 1. The number of carboxylic acids is 1. The Labute approximate surface area is 235 Å². The van der Waals surface area contributed by atoms with Crippen LogP contribution in [0.3, 0.4) is 0 Å². The molecule has 0 bridgehead atoms. The van der Waals surface area contributed by atoms with Crippen LogP contribution in [0.1, 0.15) is 86.7 Å². The maximum Gasteiger partial charge on any atom is 0.303 e. The summed E-state index contributed by atoms with van der Waals surface area (Å²) in [5.41, 5.74) is 5.56. The molecule has 1 aliphatic rings. The van der Waals surface area contributed by atoms with Gasteiger partial charge in [-0.1, -0.05) is 62.4 Å². The standard InChI is InChI=1S/C32H39NO3S2/c1-22(2)27-20-38-28(33-27)15-14-23-9-5-6-12-25(23)26-13-7-10-24(30(26)31(3,4)36)11-8-18-37-21-32(16-17-32)19-29(34)35/h5-7,9-10,12-15,20,22,36H,8,11,16-19,21H2,1-4H3,(H,34,35). The molecule has 2 aromatic carbocycles. The first-order valence-electron chi connectivity index (χ1n) is 13.5. The Kier molecular flexibility index (Phi) is 9.17. The minimum absolute atomic E-state index is 0.0287. The van der Waals surface area contributed by atoms with E-state index in [1.165, 1.54) is 5.56 Å². The summed E-state index contributed by atoms with van der Waals surface area (Å²) < 4.78 is 0. The van der Waals surface area contributed by atoms with E-state index in [9.17, 15) is 9.90 Å². The summed E-state index contributed by atoms with van der Waals surface area (Å²) in [5.74, 6) is 1.64. The first kappa shape index (κ1) is 28.6. The summed E-state index contributed by atoms with van der Waals surface area (Å²) in [5, 5.41) is 23.6. The maximum atomic E-state index is 11.3. The molecule has 1 saturated carbocycles. The molecule has 4 nitrogen and oxygen atoms in total. The third kappa shape index (κ3) is 7.37. The van der Waals surface area contributed by atoms with Gasteiger partial charge in [0.25, 0.3) is 0 Å². The van der Waals surface area contributed by atoms with Crippen LogP contribution in [0.5, 0.6) is 0 Å². The van der Waals surface area contributed by atoms with Crippen LogP contribution in [0.2, 0.25) is 0 Å². The van der Waals surface area contributed by atoms with Crippen molar-refractivity contribution >= 4 is 41.2 Å². The summed E-state index contributed by atoms with van der Waals surface area (Å²) >= 11 is 3.53. The average molecular weight is 550 g/mol. The Morgan fingerprint density at radius 3 is 2.53 bits per heavy atom. The monoisotopic (exact) mass is 549 g/mol. The Balaban J connectivity index is 1.52. The second-order valence-corrected chi connectivity index (χ2v) is 13.3. The number of aliphatic carboxylic acids is 1. The van der Waals surface area contributed by atoms with Gasteiger partial charge in [-0.2, -0.15) is 11.8 Å². The fraction of sp³-hybridized carbons (Fsp3) is 0.438. The lowest BCUT2D eigenvalue weighted by molar-refractivity contribution is -0.138. The molecule has 0 spiro atoms. The van der Waals surface area contributed by atoms with Gasteiger partial charge in [0.15, 0.2) is 0 Å². The van der Waals surface area contributed by atoms with E-state index in [-0.39, 0.29) is 5.41 Å². The van der Waals surface area contributed by atoms with Crippen LogP contribution in [0.15, 0.2) is 47.8 Å². The van der Waals surface area contributed by atoms with Crippen molar-refractivity contribution in [2.75, 3.05) is 11.5 Å². The summed E-state index contributed by atoms with van der Waals surface area (Å²) in [6, 6.07) is 14.7. The van der Waals surface area contributed by atoms with Gasteiger partial charge in [0.05, 0.1) is 17.7 Å². The van der Waals surface area contributed by atoms with Gasteiger partial charge in [-0.15, -0.1) is 11.3 Å². The molecular weight excluding hydrogens is 510 g/mol. The number of aromatic nitrogens is 1. The van der Waals surface area contributed by atoms with Crippen molar-refractivity contribution in [2.24, 2.45) is 5.41 Å². The molecule has 1 fully saturated rings. The van der Waals surface area contributed by atoms with E-state index in [1.54, 1.807) is 11.3 Å². The molecule has 6 heteroatoms. The number of thiazole rings is 1. The van der Waals surface area contributed by atoms with E-state index in [0.717, 1.165) is 70.1 Å². The van der Waals surface area contributed by atoms with Gasteiger partial charge >= 0.3 is 5.97 Å². The Morgan fingerprint density at radius 1 is 1.13 bits per heavy atom. The van der Waals surface area contributed by atoms with Crippen molar-refractivity contribution in [3.05, 3.63) is 75.2 Å². The van der Waals surface area contributed by atoms with E-state index in [4.69, 9.17) is 10.1 Å². The molecule has 2 N–H and O–H groups in total. The molecule has 0 radical (unpaired) electrons. The fourth-order valence-electron chi connectivity index (χ4n) is 4.97. The number of carbonyl (C=O) groups is 1. The predicted octanol–water partition coefficient (Wildman–Crippen LogP) is 8.25. The van der Waals surface area contributed by atoms with Gasteiger partial charge < -0.3 is 10.2 Å². The first-order valence-corrected chi connectivity index (χ1v) is 15.5. The lowest BCUT2D eigenvalue weighted by Crippen LogP contribution is -2.20. The van der Waals surface area contributed by atoms with Gasteiger partial charge in [0, 0.05) is 5.38 Å². The molecule has 38 heavy (non-hydrogen) atoms. The van der Waals surface area contributed by atoms with Crippen molar-refractivity contribution in [1.82, 2.24) is 4.98 Å². The number of thioether (sulfide) groups is 1. The Hall–Kier alpha value is -2.41. The van der Waals surface area contributed by atoms with Crippen LogP contribution >= 0.6 is 23.1 Å². The van der Waals surface area contributed by atoms with E-state index in [0.29, 0.717) is 12.3 Å². The smallest absolute Gasteiger partial charge is 0.303 e. The van der Waals surface area contributed by atoms with Gasteiger partial charge in [-0.3, -0.25) is 4.79 Å². The highest BCUT2D eigenvalue weighted by Crippen LogP contribution is 2.51. The largest absolute Gasteiger partial charge is 0.481 e. The van der Waals surface area contributed by atoms with E-state index in [1.807, 2.05) is 31.7 Å². The van der Waals surface area contributed by atoms with Crippen molar-refractivity contribution in [3.63, 3.8) is 0 Å². The molecule has 0 atom stereocenters. The first-order chi connectivity index (χ1) is 18.1. The quantitative estimate of drug-likeness (QED) is 0.210. The van der Waals surface area contributed by atoms with Crippen LogP contribution in [0.25, 0.3) is 23.3 Å². The Bertz CT molecular complexity index is 1280. The van der Waals surface area contributed by atoms with E-state index in [2.05, 4.69) is 67.8 Å². The molecule has 3 aromatic rings. The van der Waals surface area contributed by atoms with Crippen molar-refractivity contribution in [3.8, 4) is 11.1 Å². The van der Waals surface area contributed by atoms with Gasteiger partial charge in [-0.25, -0.2) is 4.98 Å². The fourth-order valence-corrected chi connectivity index (χ4v) is 7.16. The summed E-state index contributed by atoms with van der Waals surface area (Å²) in [7, 11) is 0. The number of aryl methyl sites for hydroxylation is 1. The molecule has 0 unspecified atom stereocenters. The molecule has 1 aliphatic carbocycles. The van der Waals surface area contributed by atoms with Crippen molar-refractivity contribution in [2.45, 2.75) is 71.3 Å². The lowest BCUT2D eigenvalue weighted by Gasteiger charge is -2.26. The number of carboxylic acid groups (broad SMARTS) is 1. The zero-order valence-corrected chi connectivity index (χ0v) is 24.5. The van der Waals surface area contributed by atoms with Gasteiger partial charge in [0.1, 0.15) is 5.01 Å². The average Bonchev–Trinajstić information content (AvgIpc) is 3.43. The summed E-state index contributed by atoms with van der Waals surface area (Å²) in [6.07, 6.45) is 8.43. The zero-order chi connectivity index (χ0) is 27.3. The van der Waals surface area contributed by atoms with Crippen LogP contribution < -0.4 is 0 Å². The summed E-state index contributed by atoms with van der Waals surface area (Å²) in [6.45, 7) is 8.05. The normalized spacial score (nSPS) is 14.9. The number of rotatable bonds is 13. The van der Waals surface area contributed by atoms with Crippen LogP contribution in [0, 0.1) is 5.41 Å². The van der Waals surface area contributed by atoms with Crippen molar-refractivity contribution in [1.29, 1.82) is 0 Å². The van der Waals surface area contributed by atoms with Crippen molar-refractivity contribution < 1.29 is 15.0 Å².